The van der Waals surface area contributed by atoms with Gasteiger partial charge in [0.15, 0.2) is 0 Å². The number of Topliss-reactive ketones (excluding diaryl/α,β-unsaturated/α-hetero) is 1. The summed E-state index contributed by atoms with van der Waals surface area (Å²) in [6.07, 6.45) is 1.02. The number of rotatable bonds is 4. The minimum Gasteiger partial charge on any atom is -0.379 e. The van der Waals surface area contributed by atoms with Crippen molar-refractivity contribution in [3.8, 4) is 0 Å². The molecule has 2 aromatic carbocycles. The molecule has 0 atom stereocenters. The van der Waals surface area contributed by atoms with Gasteiger partial charge in [-0.3, -0.25) is 9.69 Å². The number of hydrogen-bond acceptors (Lipinski definition) is 3. The highest BCUT2D eigenvalue weighted by atomic mass is 16.3. The van der Waals surface area contributed by atoms with Gasteiger partial charge in [0.2, 0.25) is 0 Å². The van der Waals surface area contributed by atoms with Crippen LogP contribution in [0.4, 0.5) is 0 Å². The standard InChI is InChI=1S/C23H29NO2/c1-21(2)15-20(25)16-22(3,4)24(21)17-23(26,18-11-7-5-8-12-18)19-13-9-6-10-14-19/h5-14,26H,15-17H2,1-4H3. The van der Waals surface area contributed by atoms with Crippen molar-refractivity contribution in [2.45, 2.75) is 57.2 Å². The zero-order valence-corrected chi connectivity index (χ0v) is 16.2. The number of carbonyl (C=O) groups is 1. The van der Waals surface area contributed by atoms with E-state index in [1.165, 1.54) is 0 Å². The van der Waals surface area contributed by atoms with Crippen LogP contribution in [0.1, 0.15) is 51.7 Å². The summed E-state index contributed by atoms with van der Waals surface area (Å²) in [5.74, 6) is 0.291. The third kappa shape index (κ3) is 3.46. The fourth-order valence-electron chi connectivity index (χ4n) is 4.47. The Balaban J connectivity index is 2.08. The average Bonchev–Trinajstić information content (AvgIpc) is 2.58. The quantitative estimate of drug-likeness (QED) is 0.900. The van der Waals surface area contributed by atoms with Crippen molar-refractivity contribution in [3.63, 3.8) is 0 Å². The van der Waals surface area contributed by atoms with Crippen LogP contribution in [0.25, 0.3) is 0 Å². The number of carbonyl (C=O) groups excluding carboxylic acids is 1. The Kier molecular flexibility index (Phi) is 4.80. The number of benzene rings is 2. The SMILES string of the molecule is CC1(C)CC(=O)CC(C)(C)N1CC(O)(c1ccccc1)c1ccccc1. The zero-order valence-electron chi connectivity index (χ0n) is 16.2. The molecule has 0 amide bonds. The first-order valence-corrected chi connectivity index (χ1v) is 9.28. The highest BCUT2D eigenvalue weighted by Crippen LogP contribution is 2.41. The molecule has 3 heteroatoms. The maximum atomic E-state index is 12.3. The van der Waals surface area contributed by atoms with Gasteiger partial charge in [-0.15, -0.1) is 0 Å². The number of likely N-dealkylation sites (tertiary alicyclic amines) is 1. The fraction of sp³-hybridized carbons (Fsp3) is 0.435. The molecule has 1 heterocycles. The summed E-state index contributed by atoms with van der Waals surface area (Å²) in [7, 11) is 0. The van der Waals surface area contributed by atoms with Crippen LogP contribution in [-0.2, 0) is 10.4 Å². The van der Waals surface area contributed by atoms with Gasteiger partial charge in [-0.25, -0.2) is 0 Å². The van der Waals surface area contributed by atoms with E-state index >= 15 is 0 Å². The summed E-state index contributed by atoms with van der Waals surface area (Å²) in [5, 5.41) is 11.9. The molecule has 2 aromatic rings. The molecule has 3 nitrogen and oxygen atoms in total. The van der Waals surface area contributed by atoms with Crippen molar-refractivity contribution in [2.75, 3.05) is 6.54 Å². The lowest BCUT2D eigenvalue weighted by Gasteiger charge is -2.54. The zero-order chi connectivity index (χ0) is 19.0. The molecule has 138 valence electrons. The molecule has 0 saturated carbocycles. The van der Waals surface area contributed by atoms with Crippen molar-refractivity contribution in [2.24, 2.45) is 0 Å². The molecule has 1 aliphatic heterocycles. The number of β-amino-alcohol motifs (C(OH)–C–C–N with tert-alkyl or cyclic N) is 1. The van der Waals surface area contributed by atoms with Crippen LogP contribution in [0, 0.1) is 0 Å². The number of nitrogens with zero attached hydrogens (tertiary/aromatic N) is 1. The Bertz CT molecular complexity index is 706. The monoisotopic (exact) mass is 351 g/mol. The number of hydrogen-bond donors (Lipinski definition) is 1. The predicted octanol–water partition coefficient (Wildman–Crippen LogP) is 4.14. The van der Waals surface area contributed by atoms with E-state index in [4.69, 9.17) is 0 Å². The molecule has 26 heavy (non-hydrogen) atoms. The first kappa shape index (κ1) is 18.8. The predicted molar refractivity (Wildman–Crippen MR) is 105 cm³/mol. The van der Waals surface area contributed by atoms with Gasteiger partial charge in [0, 0.05) is 30.5 Å². The van der Waals surface area contributed by atoms with E-state index in [0.717, 1.165) is 11.1 Å². The van der Waals surface area contributed by atoms with Crippen LogP contribution in [0.5, 0.6) is 0 Å². The van der Waals surface area contributed by atoms with Crippen LogP contribution in [0.2, 0.25) is 0 Å². The Morgan fingerprint density at radius 2 is 1.23 bits per heavy atom. The van der Waals surface area contributed by atoms with E-state index in [2.05, 4.69) is 32.6 Å². The van der Waals surface area contributed by atoms with E-state index in [0.29, 0.717) is 25.2 Å². The van der Waals surface area contributed by atoms with E-state index in [1.807, 2.05) is 60.7 Å². The third-order valence-corrected chi connectivity index (χ3v) is 5.61. The Morgan fingerprint density at radius 3 is 1.62 bits per heavy atom. The van der Waals surface area contributed by atoms with Gasteiger partial charge in [-0.05, 0) is 38.8 Å². The normalized spacial score (nSPS) is 20.1. The second-order valence-corrected chi connectivity index (χ2v) is 8.70. The minimum atomic E-state index is -1.14. The highest BCUT2D eigenvalue weighted by molar-refractivity contribution is 5.81. The first-order chi connectivity index (χ1) is 12.2. The lowest BCUT2D eigenvalue weighted by atomic mass is 9.76. The molecule has 0 bridgehead atoms. The Morgan fingerprint density at radius 1 is 0.846 bits per heavy atom. The highest BCUT2D eigenvalue weighted by Gasteiger charge is 2.48. The Labute approximate surface area is 156 Å². The van der Waals surface area contributed by atoms with Crippen LogP contribution in [-0.4, -0.2) is 33.4 Å². The molecule has 1 fully saturated rings. The van der Waals surface area contributed by atoms with Gasteiger partial charge in [0.1, 0.15) is 11.4 Å². The molecule has 0 aliphatic carbocycles. The van der Waals surface area contributed by atoms with Crippen LogP contribution in [0.15, 0.2) is 60.7 Å². The second kappa shape index (κ2) is 6.64. The fourth-order valence-corrected chi connectivity index (χ4v) is 4.47. The van der Waals surface area contributed by atoms with Crippen molar-refractivity contribution in [3.05, 3.63) is 71.8 Å². The minimum absolute atomic E-state index is 0.291. The number of ketones is 1. The van der Waals surface area contributed by atoms with Gasteiger partial charge in [0.25, 0.3) is 0 Å². The lowest BCUT2D eigenvalue weighted by Crippen LogP contribution is -2.64. The molecular formula is C23H29NO2. The van der Waals surface area contributed by atoms with E-state index in [9.17, 15) is 9.90 Å². The summed E-state index contributed by atoms with van der Waals surface area (Å²) in [4.78, 5) is 14.6. The van der Waals surface area contributed by atoms with Gasteiger partial charge in [-0.2, -0.15) is 0 Å². The maximum Gasteiger partial charge on any atom is 0.136 e. The summed E-state index contributed by atoms with van der Waals surface area (Å²) in [6.45, 7) is 8.84. The molecule has 0 aromatic heterocycles. The summed E-state index contributed by atoms with van der Waals surface area (Å²) < 4.78 is 0. The summed E-state index contributed by atoms with van der Waals surface area (Å²) >= 11 is 0. The lowest BCUT2D eigenvalue weighted by molar-refractivity contribution is -0.138. The van der Waals surface area contributed by atoms with Gasteiger partial charge < -0.3 is 5.11 Å². The first-order valence-electron chi connectivity index (χ1n) is 9.28. The van der Waals surface area contributed by atoms with Crippen LogP contribution in [0.3, 0.4) is 0 Å². The second-order valence-electron chi connectivity index (χ2n) is 8.70. The third-order valence-electron chi connectivity index (χ3n) is 5.61. The van der Waals surface area contributed by atoms with Gasteiger partial charge in [0.05, 0.1) is 0 Å². The molecule has 1 aliphatic rings. The molecular weight excluding hydrogens is 322 g/mol. The van der Waals surface area contributed by atoms with Crippen molar-refractivity contribution < 1.29 is 9.90 Å². The van der Waals surface area contributed by atoms with E-state index < -0.39 is 5.60 Å². The Hall–Kier alpha value is -1.97. The maximum absolute atomic E-state index is 12.3. The van der Waals surface area contributed by atoms with Crippen LogP contribution >= 0.6 is 0 Å². The summed E-state index contributed by atoms with van der Waals surface area (Å²) in [5.41, 5.74) is -0.0195. The van der Waals surface area contributed by atoms with Gasteiger partial charge >= 0.3 is 0 Å². The topological polar surface area (TPSA) is 40.5 Å². The molecule has 1 saturated heterocycles. The number of piperidine rings is 1. The van der Waals surface area contributed by atoms with Crippen molar-refractivity contribution in [1.82, 2.24) is 4.90 Å². The molecule has 0 radical (unpaired) electrons. The average molecular weight is 351 g/mol. The van der Waals surface area contributed by atoms with E-state index in [1.54, 1.807) is 0 Å². The molecule has 0 unspecified atom stereocenters. The van der Waals surface area contributed by atoms with Crippen LogP contribution < -0.4 is 0 Å². The number of aliphatic hydroxyl groups is 1. The summed E-state index contributed by atoms with van der Waals surface area (Å²) in [6, 6.07) is 19.6. The van der Waals surface area contributed by atoms with Crippen molar-refractivity contribution in [1.29, 1.82) is 0 Å². The largest absolute Gasteiger partial charge is 0.379 e. The smallest absolute Gasteiger partial charge is 0.136 e. The van der Waals surface area contributed by atoms with Gasteiger partial charge in [-0.1, -0.05) is 60.7 Å². The molecule has 3 rings (SSSR count). The van der Waals surface area contributed by atoms with E-state index in [-0.39, 0.29) is 11.1 Å². The molecule has 0 spiro atoms. The molecule has 1 N–H and O–H groups in total. The van der Waals surface area contributed by atoms with Crippen molar-refractivity contribution >= 4 is 5.78 Å².